The Morgan fingerprint density at radius 1 is 1.15 bits per heavy atom. The second kappa shape index (κ2) is 8.89. The monoisotopic (exact) mass is 353 g/mol. The molecule has 0 unspecified atom stereocenters. The number of hydrogen-bond acceptors (Lipinski definition) is 3. The number of anilines is 1. The van der Waals surface area contributed by atoms with Crippen LogP contribution in [0.2, 0.25) is 0 Å². The number of carbonyl (C=O) groups excluding carboxylic acids is 2. The van der Waals surface area contributed by atoms with Crippen molar-refractivity contribution in [2.24, 2.45) is 0 Å². The van der Waals surface area contributed by atoms with Gasteiger partial charge in [-0.25, -0.2) is 4.79 Å². The number of ether oxygens (including phenoxy) is 1. The lowest BCUT2D eigenvalue weighted by Crippen LogP contribution is -2.42. The molecule has 0 aliphatic carbocycles. The molecule has 6 heteroatoms. The molecule has 1 fully saturated rings. The number of hydrogen-bond donors (Lipinski definition) is 3. The molecule has 2 aromatic rings. The Kier molecular flexibility index (Phi) is 6.09. The van der Waals surface area contributed by atoms with E-state index in [2.05, 4.69) is 28.1 Å². The number of rotatable bonds is 7. The quantitative estimate of drug-likeness (QED) is 0.670. The van der Waals surface area contributed by atoms with Gasteiger partial charge in [-0.15, -0.1) is 0 Å². The van der Waals surface area contributed by atoms with E-state index in [1.54, 1.807) is 12.1 Å². The first-order chi connectivity index (χ1) is 12.7. The van der Waals surface area contributed by atoms with Crippen LogP contribution in [0.1, 0.15) is 18.4 Å². The Hall–Kier alpha value is -3.02. The van der Waals surface area contributed by atoms with E-state index in [4.69, 9.17) is 4.74 Å². The summed E-state index contributed by atoms with van der Waals surface area (Å²) in [5, 5.41) is 8.09. The highest BCUT2D eigenvalue weighted by Crippen LogP contribution is 2.18. The lowest BCUT2D eigenvalue weighted by atomic mass is 10.1. The van der Waals surface area contributed by atoms with Gasteiger partial charge in [0.2, 0.25) is 5.91 Å². The molecule has 3 amide bonds. The topological polar surface area (TPSA) is 79.5 Å². The molecule has 0 saturated carbocycles. The lowest BCUT2D eigenvalue weighted by molar-refractivity contribution is -0.120. The molecule has 1 aliphatic heterocycles. The van der Waals surface area contributed by atoms with Crippen molar-refractivity contribution < 1.29 is 14.3 Å². The standard InChI is InChI=1S/C20H23N3O3/c24-19-18(11-12-21-19)23-20(25)22-16-9-4-10-17(14-16)26-13-5-8-15-6-2-1-3-7-15/h1-4,6-7,9-10,14,18H,5,8,11-13H2,(H,21,24)(H2,22,23,25)/t18-/m0/s1. The average Bonchev–Trinajstić information content (AvgIpc) is 3.04. The Balaban J connectivity index is 1.43. The molecule has 6 nitrogen and oxygen atoms in total. The molecule has 3 N–H and O–H groups in total. The van der Waals surface area contributed by atoms with E-state index in [1.165, 1.54) is 5.56 Å². The minimum atomic E-state index is -0.465. The molecule has 26 heavy (non-hydrogen) atoms. The zero-order valence-electron chi connectivity index (χ0n) is 14.5. The summed E-state index contributed by atoms with van der Waals surface area (Å²) in [6.07, 6.45) is 2.49. The maximum absolute atomic E-state index is 12.0. The van der Waals surface area contributed by atoms with Gasteiger partial charge in [0.15, 0.2) is 0 Å². The van der Waals surface area contributed by atoms with Gasteiger partial charge in [-0.05, 0) is 37.0 Å². The van der Waals surface area contributed by atoms with Gasteiger partial charge >= 0.3 is 6.03 Å². The van der Waals surface area contributed by atoms with Gasteiger partial charge in [-0.3, -0.25) is 4.79 Å². The van der Waals surface area contributed by atoms with Gasteiger partial charge in [-0.2, -0.15) is 0 Å². The Labute approximate surface area is 152 Å². The SMILES string of the molecule is O=C(Nc1cccc(OCCCc2ccccc2)c1)N[C@H]1CCNC1=O. The summed E-state index contributed by atoms with van der Waals surface area (Å²) in [6, 6.07) is 16.7. The smallest absolute Gasteiger partial charge is 0.319 e. The maximum Gasteiger partial charge on any atom is 0.319 e. The number of nitrogens with one attached hydrogen (secondary N) is 3. The average molecular weight is 353 g/mol. The summed E-state index contributed by atoms with van der Waals surface area (Å²) in [4.78, 5) is 23.5. The second-order valence-electron chi connectivity index (χ2n) is 6.20. The molecule has 1 atom stereocenters. The predicted molar refractivity (Wildman–Crippen MR) is 100 cm³/mol. The third kappa shape index (κ3) is 5.24. The summed E-state index contributed by atoms with van der Waals surface area (Å²) < 4.78 is 5.76. The van der Waals surface area contributed by atoms with E-state index in [0.29, 0.717) is 31.0 Å². The second-order valence-corrected chi connectivity index (χ2v) is 6.20. The maximum atomic E-state index is 12.0. The van der Waals surface area contributed by atoms with Crippen molar-refractivity contribution in [1.82, 2.24) is 10.6 Å². The fraction of sp³-hybridized carbons (Fsp3) is 0.300. The predicted octanol–water partition coefficient (Wildman–Crippen LogP) is 2.71. The van der Waals surface area contributed by atoms with Crippen molar-refractivity contribution in [2.75, 3.05) is 18.5 Å². The van der Waals surface area contributed by atoms with Crippen LogP contribution in [0.5, 0.6) is 5.75 Å². The van der Waals surface area contributed by atoms with Crippen LogP contribution >= 0.6 is 0 Å². The number of urea groups is 1. The highest BCUT2D eigenvalue weighted by atomic mass is 16.5. The van der Waals surface area contributed by atoms with Crippen molar-refractivity contribution in [3.63, 3.8) is 0 Å². The molecular formula is C20H23N3O3. The summed E-state index contributed by atoms with van der Waals surface area (Å²) >= 11 is 0. The number of benzene rings is 2. The number of amides is 3. The third-order valence-electron chi connectivity index (χ3n) is 4.17. The molecule has 0 bridgehead atoms. The fourth-order valence-corrected chi connectivity index (χ4v) is 2.83. The van der Waals surface area contributed by atoms with Crippen LogP contribution in [-0.2, 0) is 11.2 Å². The van der Waals surface area contributed by atoms with Crippen LogP contribution in [0, 0.1) is 0 Å². The summed E-state index contributed by atoms with van der Waals surface area (Å²) in [5.41, 5.74) is 1.92. The molecular weight excluding hydrogens is 330 g/mol. The van der Waals surface area contributed by atoms with Crippen LogP contribution in [0.25, 0.3) is 0 Å². The fourth-order valence-electron chi connectivity index (χ4n) is 2.83. The molecule has 1 heterocycles. The lowest BCUT2D eigenvalue weighted by Gasteiger charge is -2.12. The van der Waals surface area contributed by atoms with Crippen LogP contribution in [0.4, 0.5) is 10.5 Å². The Morgan fingerprint density at radius 2 is 2.00 bits per heavy atom. The molecule has 2 aromatic carbocycles. The molecule has 0 spiro atoms. The van der Waals surface area contributed by atoms with Gasteiger partial charge in [0.1, 0.15) is 11.8 Å². The largest absolute Gasteiger partial charge is 0.494 e. The van der Waals surface area contributed by atoms with Gasteiger partial charge in [0.05, 0.1) is 6.61 Å². The van der Waals surface area contributed by atoms with Crippen molar-refractivity contribution in [3.05, 3.63) is 60.2 Å². The van der Waals surface area contributed by atoms with Crippen molar-refractivity contribution in [3.8, 4) is 5.75 Å². The molecule has 136 valence electrons. The normalized spacial score (nSPS) is 16.0. The molecule has 0 radical (unpaired) electrons. The molecule has 1 saturated heterocycles. The number of aryl methyl sites for hydroxylation is 1. The van der Waals surface area contributed by atoms with E-state index in [0.717, 1.165) is 12.8 Å². The zero-order valence-corrected chi connectivity index (χ0v) is 14.5. The van der Waals surface area contributed by atoms with Gasteiger partial charge in [-0.1, -0.05) is 36.4 Å². The first kappa shape index (κ1) is 17.8. The highest BCUT2D eigenvalue weighted by molar-refractivity contribution is 5.94. The first-order valence-electron chi connectivity index (χ1n) is 8.83. The van der Waals surface area contributed by atoms with Crippen molar-refractivity contribution in [1.29, 1.82) is 0 Å². The van der Waals surface area contributed by atoms with E-state index < -0.39 is 12.1 Å². The Morgan fingerprint density at radius 3 is 2.77 bits per heavy atom. The third-order valence-corrected chi connectivity index (χ3v) is 4.17. The van der Waals surface area contributed by atoms with E-state index in [1.807, 2.05) is 30.3 Å². The van der Waals surface area contributed by atoms with E-state index >= 15 is 0 Å². The van der Waals surface area contributed by atoms with Crippen LogP contribution in [-0.4, -0.2) is 31.1 Å². The zero-order chi connectivity index (χ0) is 18.2. The summed E-state index contributed by atoms with van der Waals surface area (Å²) in [7, 11) is 0. The first-order valence-corrected chi connectivity index (χ1v) is 8.83. The summed E-state index contributed by atoms with van der Waals surface area (Å²) in [6.45, 7) is 1.20. The van der Waals surface area contributed by atoms with Crippen molar-refractivity contribution in [2.45, 2.75) is 25.3 Å². The molecule has 1 aliphatic rings. The van der Waals surface area contributed by atoms with Crippen molar-refractivity contribution >= 4 is 17.6 Å². The highest BCUT2D eigenvalue weighted by Gasteiger charge is 2.25. The molecule has 3 rings (SSSR count). The minimum Gasteiger partial charge on any atom is -0.494 e. The van der Waals surface area contributed by atoms with Gasteiger partial charge in [0, 0.05) is 18.3 Å². The number of carbonyl (C=O) groups is 2. The van der Waals surface area contributed by atoms with Crippen LogP contribution in [0.15, 0.2) is 54.6 Å². The van der Waals surface area contributed by atoms with Crippen LogP contribution < -0.4 is 20.7 Å². The van der Waals surface area contributed by atoms with Gasteiger partial charge < -0.3 is 20.7 Å². The Bertz CT molecular complexity index is 749. The summed E-state index contributed by atoms with van der Waals surface area (Å²) in [5.74, 6) is 0.560. The van der Waals surface area contributed by atoms with Gasteiger partial charge in [0.25, 0.3) is 0 Å². The molecule has 0 aromatic heterocycles. The minimum absolute atomic E-state index is 0.143. The van der Waals surface area contributed by atoms with Crippen LogP contribution in [0.3, 0.4) is 0 Å². The van der Waals surface area contributed by atoms with E-state index in [-0.39, 0.29) is 5.91 Å². The van der Waals surface area contributed by atoms with E-state index in [9.17, 15) is 9.59 Å².